The molecule has 0 saturated heterocycles. The molecule has 2 heterocycles. The summed E-state index contributed by atoms with van der Waals surface area (Å²) in [5.41, 5.74) is 10.0. The number of aryl methyl sites for hydroxylation is 1. The lowest BCUT2D eigenvalue weighted by molar-refractivity contribution is 0.415. The minimum Gasteiger partial charge on any atom is -0.495 e. The minimum atomic E-state index is 0.543. The summed E-state index contributed by atoms with van der Waals surface area (Å²) in [7, 11) is 1.60. The van der Waals surface area contributed by atoms with Gasteiger partial charge in [0.1, 0.15) is 22.9 Å². The van der Waals surface area contributed by atoms with Crippen LogP contribution in [0, 0.1) is 6.92 Å². The number of rotatable bonds is 2. The quantitative estimate of drug-likeness (QED) is 0.576. The summed E-state index contributed by atoms with van der Waals surface area (Å²) in [5.74, 6) is 1.22. The number of nitrogens with zero attached hydrogens (tertiary/aromatic N) is 2. The Morgan fingerprint density at radius 2 is 1.92 bits per heavy atom. The van der Waals surface area contributed by atoms with Gasteiger partial charge < -0.3 is 10.5 Å². The van der Waals surface area contributed by atoms with Crippen molar-refractivity contribution in [3.63, 3.8) is 0 Å². The predicted octanol–water partition coefficient (Wildman–Crippen LogP) is 4.71. The molecule has 0 unspecified atom stereocenters. The van der Waals surface area contributed by atoms with Crippen LogP contribution >= 0.6 is 11.6 Å². The van der Waals surface area contributed by atoms with Crippen LogP contribution in [0.4, 0.5) is 5.82 Å². The molecule has 0 atom stereocenters. The second-order valence-corrected chi connectivity index (χ2v) is 6.09. The second-order valence-electron chi connectivity index (χ2n) is 5.72. The highest BCUT2D eigenvalue weighted by Crippen LogP contribution is 2.37. The summed E-state index contributed by atoms with van der Waals surface area (Å²) in [6, 6.07) is 13.9. The van der Waals surface area contributed by atoms with Crippen LogP contribution in [0.3, 0.4) is 0 Å². The van der Waals surface area contributed by atoms with Crippen LogP contribution < -0.4 is 10.5 Å². The highest BCUT2D eigenvalue weighted by molar-refractivity contribution is 6.38. The number of nitrogens with two attached hydrogens (primary N) is 1. The number of anilines is 1. The Morgan fingerprint density at radius 1 is 1.12 bits per heavy atom. The molecule has 0 spiro atoms. The van der Waals surface area contributed by atoms with E-state index >= 15 is 0 Å². The molecule has 0 aliphatic heterocycles. The second kappa shape index (κ2) is 5.42. The lowest BCUT2D eigenvalue weighted by Crippen LogP contribution is -1.95. The molecule has 0 saturated carbocycles. The van der Waals surface area contributed by atoms with Crippen LogP contribution in [-0.2, 0) is 0 Å². The molecule has 0 fully saturated rings. The summed E-state index contributed by atoms with van der Waals surface area (Å²) in [5, 5.41) is 2.38. The average Bonchev–Trinajstić information content (AvgIpc) is 2.92. The molecule has 0 radical (unpaired) electrons. The van der Waals surface area contributed by atoms with Gasteiger partial charge in [0.2, 0.25) is 0 Å². The first-order valence-electron chi connectivity index (χ1n) is 7.60. The van der Waals surface area contributed by atoms with Crippen LogP contribution in [0.15, 0.2) is 48.7 Å². The first-order chi connectivity index (χ1) is 11.6. The SMILES string of the molecule is COc1ccc2ccn3c(N)c(-c4ccccc4C)nc3c2c1Cl. The van der Waals surface area contributed by atoms with Crippen LogP contribution in [0.1, 0.15) is 5.56 Å². The number of halogens is 1. The summed E-state index contributed by atoms with van der Waals surface area (Å²) < 4.78 is 7.21. The van der Waals surface area contributed by atoms with E-state index in [0.29, 0.717) is 16.6 Å². The molecule has 4 rings (SSSR count). The van der Waals surface area contributed by atoms with Crippen molar-refractivity contribution in [2.24, 2.45) is 0 Å². The van der Waals surface area contributed by atoms with Crippen molar-refractivity contribution in [3.05, 3.63) is 59.2 Å². The third kappa shape index (κ3) is 2.03. The van der Waals surface area contributed by atoms with Crippen molar-refractivity contribution in [3.8, 4) is 17.0 Å². The molecule has 0 amide bonds. The van der Waals surface area contributed by atoms with Gasteiger partial charge in [0.05, 0.1) is 12.1 Å². The van der Waals surface area contributed by atoms with Crippen molar-refractivity contribution in [2.75, 3.05) is 12.8 Å². The van der Waals surface area contributed by atoms with E-state index in [1.165, 1.54) is 0 Å². The molecule has 0 aliphatic rings. The lowest BCUT2D eigenvalue weighted by Gasteiger charge is -2.07. The van der Waals surface area contributed by atoms with E-state index in [0.717, 1.165) is 33.2 Å². The van der Waals surface area contributed by atoms with E-state index < -0.39 is 0 Å². The standard InChI is InChI=1S/C19H16ClN3O/c1-11-5-3-4-6-13(11)17-18(21)23-10-9-12-7-8-14(24-2)16(20)15(12)19(23)22-17/h3-10H,21H2,1-2H3. The van der Waals surface area contributed by atoms with Gasteiger partial charge >= 0.3 is 0 Å². The minimum absolute atomic E-state index is 0.543. The van der Waals surface area contributed by atoms with Gasteiger partial charge in [-0.15, -0.1) is 0 Å². The van der Waals surface area contributed by atoms with Crippen molar-refractivity contribution in [1.29, 1.82) is 0 Å². The molecule has 2 aromatic carbocycles. The van der Waals surface area contributed by atoms with Gasteiger partial charge in [-0.1, -0.05) is 41.9 Å². The Hall–Kier alpha value is -2.72. The summed E-state index contributed by atoms with van der Waals surface area (Å²) in [4.78, 5) is 4.81. The molecule has 4 nitrogen and oxygen atoms in total. The topological polar surface area (TPSA) is 52.5 Å². The molecule has 120 valence electrons. The number of fused-ring (bicyclic) bond motifs is 3. The molecular weight excluding hydrogens is 322 g/mol. The molecule has 24 heavy (non-hydrogen) atoms. The normalized spacial score (nSPS) is 11.3. The van der Waals surface area contributed by atoms with Gasteiger partial charge in [-0.2, -0.15) is 0 Å². The Bertz CT molecular complexity index is 1090. The number of ether oxygens (including phenoxy) is 1. The van der Waals surface area contributed by atoms with Gasteiger partial charge in [0.25, 0.3) is 0 Å². The lowest BCUT2D eigenvalue weighted by atomic mass is 10.1. The maximum Gasteiger partial charge on any atom is 0.148 e. The number of pyridine rings is 1. The Labute approximate surface area is 144 Å². The third-order valence-electron chi connectivity index (χ3n) is 4.33. The zero-order valence-corrected chi connectivity index (χ0v) is 14.1. The fourth-order valence-corrected chi connectivity index (χ4v) is 3.39. The molecule has 4 aromatic rings. The van der Waals surface area contributed by atoms with E-state index in [1.807, 2.05) is 60.0 Å². The maximum atomic E-state index is 6.54. The summed E-state index contributed by atoms with van der Waals surface area (Å²) in [6.07, 6.45) is 1.92. The van der Waals surface area contributed by atoms with E-state index in [2.05, 4.69) is 0 Å². The predicted molar refractivity (Wildman–Crippen MR) is 98.8 cm³/mol. The van der Waals surface area contributed by atoms with Crippen molar-refractivity contribution in [1.82, 2.24) is 9.38 Å². The summed E-state index contributed by atoms with van der Waals surface area (Å²) in [6.45, 7) is 2.05. The van der Waals surface area contributed by atoms with E-state index in [-0.39, 0.29) is 0 Å². The molecule has 0 aliphatic carbocycles. The number of imidazole rings is 1. The maximum absolute atomic E-state index is 6.54. The molecule has 0 bridgehead atoms. The number of aromatic nitrogens is 2. The van der Waals surface area contributed by atoms with Gasteiger partial charge in [-0.25, -0.2) is 4.98 Å². The Kier molecular flexibility index (Phi) is 3.36. The highest BCUT2D eigenvalue weighted by atomic mass is 35.5. The van der Waals surface area contributed by atoms with Crippen LogP contribution in [0.5, 0.6) is 5.75 Å². The Balaban J connectivity index is 2.12. The largest absolute Gasteiger partial charge is 0.495 e. The first kappa shape index (κ1) is 14.8. The zero-order chi connectivity index (χ0) is 16.8. The van der Waals surface area contributed by atoms with E-state index in [4.69, 9.17) is 27.1 Å². The van der Waals surface area contributed by atoms with Crippen molar-refractivity contribution >= 4 is 33.8 Å². The number of hydrogen-bond donors (Lipinski definition) is 1. The van der Waals surface area contributed by atoms with Gasteiger partial charge in [-0.3, -0.25) is 4.40 Å². The number of hydrogen-bond acceptors (Lipinski definition) is 3. The number of nitrogen functional groups attached to an aromatic ring is 1. The molecule has 5 heteroatoms. The average molecular weight is 338 g/mol. The van der Waals surface area contributed by atoms with E-state index in [1.54, 1.807) is 7.11 Å². The van der Waals surface area contributed by atoms with Crippen LogP contribution in [0.25, 0.3) is 27.7 Å². The molecule has 2 N–H and O–H groups in total. The van der Waals surface area contributed by atoms with Crippen molar-refractivity contribution < 1.29 is 4.74 Å². The van der Waals surface area contributed by atoms with Crippen LogP contribution in [-0.4, -0.2) is 16.5 Å². The zero-order valence-electron chi connectivity index (χ0n) is 13.4. The monoisotopic (exact) mass is 337 g/mol. The van der Waals surface area contributed by atoms with Gasteiger partial charge in [-0.05, 0) is 30.0 Å². The molecule has 2 aromatic heterocycles. The highest BCUT2D eigenvalue weighted by Gasteiger charge is 2.17. The van der Waals surface area contributed by atoms with Crippen LogP contribution in [0.2, 0.25) is 5.02 Å². The first-order valence-corrected chi connectivity index (χ1v) is 7.98. The van der Waals surface area contributed by atoms with Crippen molar-refractivity contribution in [2.45, 2.75) is 6.92 Å². The Morgan fingerprint density at radius 3 is 2.67 bits per heavy atom. The number of benzene rings is 2. The smallest absolute Gasteiger partial charge is 0.148 e. The fourth-order valence-electron chi connectivity index (χ4n) is 3.06. The van der Waals surface area contributed by atoms with Gasteiger partial charge in [0.15, 0.2) is 0 Å². The van der Waals surface area contributed by atoms with E-state index in [9.17, 15) is 0 Å². The van der Waals surface area contributed by atoms with Gasteiger partial charge in [0, 0.05) is 17.1 Å². The number of methoxy groups -OCH3 is 1. The summed E-state index contributed by atoms with van der Waals surface area (Å²) >= 11 is 6.54. The third-order valence-corrected chi connectivity index (χ3v) is 4.71. The fraction of sp³-hybridized carbons (Fsp3) is 0.105. The molecular formula is C19H16ClN3O.